The van der Waals surface area contributed by atoms with Crippen LogP contribution in [0.2, 0.25) is 0 Å². The van der Waals surface area contributed by atoms with Crippen LogP contribution in [0.5, 0.6) is 5.75 Å². The van der Waals surface area contributed by atoms with E-state index >= 15 is 0 Å². The second kappa shape index (κ2) is 4.86. The van der Waals surface area contributed by atoms with Crippen molar-refractivity contribution in [2.75, 3.05) is 12.4 Å². The van der Waals surface area contributed by atoms with Gasteiger partial charge in [0, 0.05) is 5.69 Å². The molecule has 0 fully saturated rings. The molecule has 2 aromatic rings. The van der Waals surface area contributed by atoms with E-state index in [-0.39, 0.29) is 0 Å². The van der Waals surface area contributed by atoms with Gasteiger partial charge in [0.1, 0.15) is 11.9 Å². The van der Waals surface area contributed by atoms with Gasteiger partial charge >= 0.3 is 0 Å². The number of ether oxygens (including phenoxy) is 1. The maximum Gasteiger partial charge on any atom is 0.247 e. The molecule has 102 valence electrons. The summed E-state index contributed by atoms with van der Waals surface area (Å²) >= 11 is 0. The first-order valence-corrected chi connectivity index (χ1v) is 6.21. The normalized spacial score (nSPS) is 17.4. The second-order valence-electron chi connectivity index (χ2n) is 4.50. The Morgan fingerprint density at radius 3 is 2.80 bits per heavy atom. The molecule has 5 heteroatoms. The van der Waals surface area contributed by atoms with Crippen LogP contribution >= 0.6 is 0 Å². The number of nitrogens with zero attached hydrogens (tertiary/aromatic N) is 1. The van der Waals surface area contributed by atoms with E-state index in [9.17, 15) is 10.0 Å². The molecule has 1 heterocycles. The van der Waals surface area contributed by atoms with E-state index in [4.69, 9.17) is 4.74 Å². The zero-order valence-corrected chi connectivity index (χ0v) is 10.9. The fourth-order valence-electron chi connectivity index (χ4n) is 2.27. The Hall–Kier alpha value is -2.53. The van der Waals surface area contributed by atoms with Crippen LogP contribution in [0.4, 0.5) is 5.69 Å². The third-order valence-electron chi connectivity index (χ3n) is 3.29. The minimum absolute atomic E-state index is 0.390. The van der Waals surface area contributed by atoms with Crippen molar-refractivity contribution < 1.29 is 9.53 Å². The molecular formula is C15H13N2O3-. The Balaban J connectivity index is 2.01. The highest BCUT2D eigenvalue weighted by atomic mass is 16.5. The standard InChI is InChI=1S/C15H13N2O3/c1-20-11-6-4-5-10(9-11)14-16-13-8-3-2-7-12(13)15(18)17(14)19/h2-9,14,16H,1H3/q-1. The molecule has 20 heavy (non-hydrogen) atoms. The van der Waals surface area contributed by atoms with Gasteiger partial charge in [-0.15, -0.1) is 0 Å². The number of nitrogens with one attached hydrogen (secondary N) is 1. The smallest absolute Gasteiger partial charge is 0.247 e. The predicted molar refractivity (Wildman–Crippen MR) is 75.3 cm³/mol. The Morgan fingerprint density at radius 2 is 2.00 bits per heavy atom. The van der Waals surface area contributed by atoms with Crippen molar-refractivity contribution in [2.45, 2.75) is 6.17 Å². The minimum Gasteiger partial charge on any atom is -0.754 e. The number of hydroxylamine groups is 2. The third-order valence-corrected chi connectivity index (χ3v) is 3.29. The van der Waals surface area contributed by atoms with Crippen LogP contribution in [-0.2, 0) is 0 Å². The molecule has 1 amide bonds. The Labute approximate surface area is 116 Å². The number of hydrogen-bond acceptors (Lipinski definition) is 4. The van der Waals surface area contributed by atoms with E-state index in [2.05, 4.69) is 5.32 Å². The fourth-order valence-corrected chi connectivity index (χ4v) is 2.27. The first-order chi connectivity index (χ1) is 9.70. The van der Waals surface area contributed by atoms with E-state index in [0.29, 0.717) is 27.6 Å². The van der Waals surface area contributed by atoms with Gasteiger partial charge in [-0.2, -0.15) is 0 Å². The molecule has 0 radical (unpaired) electrons. The van der Waals surface area contributed by atoms with Crippen molar-refractivity contribution >= 4 is 11.6 Å². The van der Waals surface area contributed by atoms with Crippen molar-refractivity contribution in [1.29, 1.82) is 0 Å². The summed E-state index contributed by atoms with van der Waals surface area (Å²) < 4.78 is 5.14. The average Bonchev–Trinajstić information content (AvgIpc) is 2.51. The average molecular weight is 269 g/mol. The first kappa shape index (κ1) is 12.5. The first-order valence-electron chi connectivity index (χ1n) is 6.21. The van der Waals surface area contributed by atoms with Gasteiger partial charge in [0.2, 0.25) is 5.91 Å². The molecule has 0 saturated carbocycles. The van der Waals surface area contributed by atoms with Crippen molar-refractivity contribution in [3.63, 3.8) is 0 Å². The van der Waals surface area contributed by atoms with Crippen LogP contribution in [-0.4, -0.2) is 18.1 Å². The highest BCUT2D eigenvalue weighted by Crippen LogP contribution is 2.33. The maximum atomic E-state index is 12.2. The molecule has 0 bridgehead atoms. The molecule has 1 unspecified atom stereocenters. The third kappa shape index (κ3) is 1.98. The topological polar surface area (TPSA) is 64.6 Å². The van der Waals surface area contributed by atoms with E-state index in [0.717, 1.165) is 0 Å². The number of carbonyl (C=O) groups is 1. The highest BCUT2D eigenvalue weighted by molar-refractivity contribution is 6.01. The molecule has 0 spiro atoms. The summed E-state index contributed by atoms with van der Waals surface area (Å²) in [5, 5.41) is 15.7. The summed E-state index contributed by atoms with van der Waals surface area (Å²) in [6.07, 6.45) is -0.743. The number of methoxy groups -OCH3 is 1. The SMILES string of the molecule is COc1cccc(C2Nc3ccccc3C(=O)N2[O-])c1. The van der Waals surface area contributed by atoms with Crippen LogP contribution in [0.15, 0.2) is 48.5 Å². The van der Waals surface area contributed by atoms with Crippen LogP contribution in [0.25, 0.3) is 0 Å². The number of rotatable bonds is 2. The van der Waals surface area contributed by atoms with Gasteiger partial charge in [0.15, 0.2) is 0 Å². The summed E-state index contributed by atoms with van der Waals surface area (Å²) in [4.78, 5) is 12.1. The summed E-state index contributed by atoms with van der Waals surface area (Å²) in [6.45, 7) is 0. The molecule has 2 aromatic carbocycles. The molecule has 1 atom stereocenters. The predicted octanol–water partition coefficient (Wildman–Crippen LogP) is 2.76. The summed E-state index contributed by atoms with van der Waals surface area (Å²) in [6, 6.07) is 14.1. The molecule has 0 aliphatic carbocycles. The van der Waals surface area contributed by atoms with E-state index in [1.807, 2.05) is 6.07 Å². The van der Waals surface area contributed by atoms with E-state index in [1.165, 1.54) is 0 Å². The maximum absolute atomic E-state index is 12.2. The Bertz CT molecular complexity index is 657. The lowest BCUT2D eigenvalue weighted by molar-refractivity contribution is 0.0771. The van der Waals surface area contributed by atoms with Crippen LogP contribution < -0.4 is 10.1 Å². The number of amides is 1. The van der Waals surface area contributed by atoms with E-state index < -0.39 is 12.1 Å². The van der Waals surface area contributed by atoms with Crippen LogP contribution in [0, 0.1) is 5.21 Å². The lowest BCUT2D eigenvalue weighted by atomic mass is 10.1. The van der Waals surface area contributed by atoms with E-state index in [1.54, 1.807) is 49.6 Å². The number of fused-ring (bicyclic) bond motifs is 1. The number of benzene rings is 2. The largest absolute Gasteiger partial charge is 0.754 e. The van der Waals surface area contributed by atoms with Crippen LogP contribution in [0.3, 0.4) is 0 Å². The van der Waals surface area contributed by atoms with Crippen LogP contribution in [0.1, 0.15) is 22.1 Å². The molecule has 1 N–H and O–H groups in total. The van der Waals surface area contributed by atoms with Crippen molar-refractivity contribution in [1.82, 2.24) is 5.06 Å². The second-order valence-corrected chi connectivity index (χ2v) is 4.50. The van der Waals surface area contributed by atoms with Crippen molar-refractivity contribution in [3.8, 4) is 5.75 Å². The molecule has 0 saturated heterocycles. The summed E-state index contributed by atoms with van der Waals surface area (Å²) in [5.41, 5.74) is 1.74. The van der Waals surface area contributed by atoms with Gasteiger partial charge in [0.05, 0.1) is 12.7 Å². The number of anilines is 1. The fraction of sp³-hybridized carbons (Fsp3) is 0.133. The van der Waals surface area contributed by atoms with Crippen molar-refractivity contribution in [2.24, 2.45) is 0 Å². The van der Waals surface area contributed by atoms with Gasteiger partial charge < -0.3 is 20.3 Å². The molecule has 1 aliphatic heterocycles. The minimum atomic E-state index is -0.743. The summed E-state index contributed by atoms with van der Waals surface area (Å²) in [5.74, 6) is 0.108. The molecule has 5 nitrogen and oxygen atoms in total. The zero-order chi connectivity index (χ0) is 14.1. The Morgan fingerprint density at radius 1 is 1.20 bits per heavy atom. The molecular weight excluding hydrogens is 256 g/mol. The van der Waals surface area contributed by atoms with Gasteiger partial charge in [-0.1, -0.05) is 24.3 Å². The highest BCUT2D eigenvalue weighted by Gasteiger charge is 2.26. The summed E-state index contributed by atoms with van der Waals surface area (Å²) in [7, 11) is 1.56. The van der Waals surface area contributed by atoms with Gasteiger partial charge in [-0.05, 0) is 29.8 Å². The number of hydrogen-bond donors (Lipinski definition) is 1. The molecule has 1 aliphatic rings. The van der Waals surface area contributed by atoms with Gasteiger partial charge in [-0.3, -0.25) is 4.79 Å². The Kier molecular flexibility index (Phi) is 3.04. The number of para-hydroxylation sites is 1. The quantitative estimate of drug-likeness (QED) is 0.910. The lowest BCUT2D eigenvalue weighted by Crippen LogP contribution is -2.38. The molecule has 3 rings (SSSR count). The molecule has 0 aromatic heterocycles. The zero-order valence-electron chi connectivity index (χ0n) is 10.9. The number of carbonyl (C=O) groups excluding carboxylic acids is 1. The monoisotopic (exact) mass is 269 g/mol. The van der Waals surface area contributed by atoms with Gasteiger partial charge in [-0.25, -0.2) is 0 Å². The lowest BCUT2D eigenvalue weighted by Gasteiger charge is -2.42. The van der Waals surface area contributed by atoms with Gasteiger partial charge in [0.25, 0.3) is 0 Å². The van der Waals surface area contributed by atoms with Crippen molar-refractivity contribution in [3.05, 3.63) is 64.9 Å².